The van der Waals surface area contributed by atoms with Crippen molar-refractivity contribution < 1.29 is 9.90 Å². The highest BCUT2D eigenvalue weighted by atomic mass is 79.9. The van der Waals surface area contributed by atoms with Crippen molar-refractivity contribution in [2.45, 2.75) is 26.2 Å². The van der Waals surface area contributed by atoms with E-state index in [0.29, 0.717) is 0 Å². The molecule has 0 aliphatic rings. The summed E-state index contributed by atoms with van der Waals surface area (Å²) in [5.74, 6) is -0.693. The molecule has 0 spiro atoms. The van der Waals surface area contributed by atoms with Gasteiger partial charge in [0.1, 0.15) is 0 Å². The number of carbonyl (C=O) groups is 1. The summed E-state index contributed by atoms with van der Waals surface area (Å²) in [6.45, 7) is 3.93. The van der Waals surface area contributed by atoms with E-state index in [1.54, 1.807) is 0 Å². The predicted octanol–water partition coefficient (Wildman–Crippen LogP) is 3.34. The second-order valence-corrected chi connectivity index (χ2v) is 4.31. The summed E-state index contributed by atoms with van der Waals surface area (Å²) in [5, 5.41) is 8.69. The molecule has 14 heavy (non-hydrogen) atoms. The number of carboxylic acid groups (broad SMARTS) is 1. The first kappa shape index (κ1) is 11.2. The van der Waals surface area contributed by atoms with Crippen molar-refractivity contribution in [2.75, 3.05) is 0 Å². The van der Waals surface area contributed by atoms with Gasteiger partial charge in [-0.05, 0) is 30.0 Å². The summed E-state index contributed by atoms with van der Waals surface area (Å²) in [6.07, 6.45) is 0.178. The third kappa shape index (κ3) is 2.58. The number of benzene rings is 1. The number of carboxylic acids is 1. The number of rotatable bonds is 3. The molecule has 0 saturated carbocycles. The van der Waals surface area contributed by atoms with Gasteiger partial charge in [-0.1, -0.05) is 35.0 Å². The zero-order valence-corrected chi connectivity index (χ0v) is 9.84. The first-order chi connectivity index (χ1) is 6.52. The Morgan fingerprint density at radius 3 is 2.79 bits per heavy atom. The third-order valence-corrected chi connectivity index (χ3v) is 3.18. The van der Waals surface area contributed by atoms with Crippen LogP contribution in [0.3, 0.4) is 0 Å². The highest BCUT2D eigenvalue weighted by Gasteiger charge is 2.13. The summed E-state index contributed by atoms with van der Waals surface area (Å²) >= 11 is 3.43. The van der Waals surface area contributed by atoms with Crippen LogP contribution < -0.4 is 0 Å². The number of hydrogen-bond donors (Lipinski definition) is 1. The highest BCUT2D eigenvalue weighted by molar-refractivity contribution is 9.10. The van der Waals surface area contributed by atoms with Crippen LogP contribution in [-0.2, 0) is 4.79 Å². The number of aliphatic carboxylic acids is 1. The SMILES string of the molecule is Cc1c(Br)cccc1C(C)CC(=O)O. The molecular formula is C11H13BrO2. The van der Waals surface area contributed by atoms with E-state index in [4.69, 9.17) is 5.11 Å². The molecule has 0 aliphatic heterocycles. The van der Waals surface area contributed by atoms with Gasteiger partial charge in [-0.2, -0.15) is 0 Å². The van der Waals surface area contributed by atoms with Gasteiger partial charge in [0.05, 0.1) is 6.42 Å². The summed E-state index contributed by atoms with van der Waals surface area (Å²) in [6, 6.07) is 5.88. The Kier molecular flexibility index (Phi) is 3.69. The fourth-order valence-corrected chi connectivity index (χ4v) is 1.91. The van der Waals surface area contributed by atoms with Crippen molar-refractivity contribution in [2.24, 2.45) is 0 Å². The van der Waals surface area contributed by atoms with Gasteiger partial charge in [0.2, 0.25) is 0 Å². The molecule has 0 aliphatic carbocycles. The molecule has 1 aromatic rings. The molecule has 3 heteroatoms. The van der Waals surface area contributed by atoms with Crippen molar-refractivity contribution in [1.29, 1.82) is 0 Å². The van der Waals surface area contributed by atoms with Crippen LogP contribution in [-0.4, -0.2) is 11.1 Å². The van der Waals surface area contributed by atoms with E-state index in [0.717, 1.165) is 15.6 Å². The van der Waals surface area contributed by atoms with Crippen LogP contribution in [0.1, 0.15) is 30.4 Å². The molecule has 0 aromatic heterocycles. The zero-order valence-electron chi connectivity index (χ0n) is 8.25. The second-order valence-electron chi connectivity index (χ2n) is 3.45. The molecule has 0 bridgehead atoms. The molecule has 1 aromatic carbocycles. The van der Waals surface area contributed by atoms with E-state index in [1.165, 1.54) is 0 Å². The average Bonchev–Trinajstić information content (AvgIpc) is 2.08. The van der Waals surface area contributed by atoms with Crippen molar-refractivity contribution in [3.05, 3.63) is 33.8 Å². The lowest BCUT2D eigenvalue weighted by atomic mass is 9.94. The normalized spacial score (nSPS) is 12.5. The van der Waals surface area contributed by atoms with E-state index in [2.05, 4.69) is 15.9 Å². The molecule has 76 valence electrons. The molecule has 1 N–H and O–H groups in total. The minimum Gasteiger partial charge on any atom is -0.481 e. The van der Waals surface area contributed by atoms with Crippen LogP contribution in [0.4, 0.5) is 0 Å². The van der Waals surface area contributed by atoms with Gasteiger partial charge < -0.3 is 5.11 Å². The minimum atomic E-state index is -0.753. The van der Waals surface area contributed by atoms with Gasteiger partial charge in [0, 0.05) is 4.47 Å². The van der Waals surface area contributed by atoms with Crippen molar-refractivity contribution in [3.8, 4) is 0 Å². The standard InChI is InChI=1S/C11H13BrO2/c1-7(6-11(13)14)9-4-3-5-10(12)8(9)2/h3-5,7H,6H2,1-2H3,(H,13,14). The van der Waals surface area contributed by atoms with Crippen LogP contribution in [0.15, 0.2) is 22.7 Å². The predicted molar refractivity (Wildman–Crippen MR) is 59.5 cm³/mol. The Morgan fingerprint density at radius 1 is 1.57 bits per heavy atom. The molecule has 1 rings (SSSR count). The van der Waals surface area contributed by atoms with E-state index in [1.807, 2.05) is 32.0 Å². The minimum absolute atomic E-state index is 0.0602. The van der Waals surface area contributed by atoms with Gasteiger partial charge in [-0.3, -0.25) is 4.79 Å². The summed E-state index contributed by atoms with van der Waals surface area (Å²) < 4.78 is 1.03. The van der Waals surface area contributed by atoms with Crippen LogP contribution in [0.5, 0.6) is 0 Å². The second kappa shape index (κ2) is 4.60. The van der Waals surface area contributed by atoms with Gasteiger partial charge in [0.15, 0.2) is 0 Å². The molecule has 1 atom stereocenters. The highest BCUT2D eigenvalue weighted by Crippen LogP contribution is 2.27. The Bertz CT molecular complexity index is 347. The van der Waals surface area contributed by atoms with E-state index < -0.39 is 5.97 Å². The Hall–Kier alpha value is -0.830. The van der Waals surface area contributed by atoms with E-state index >= 15 is 0 Å². The molecule has 0 radical (unpaired) electrons. The fourth-order valence-electron chi connectivity index (χ4n) is 1.53. The third-order valence-electron chi connectivity index (χ3n) is 2.32. The largest absolute Gasteiger partial charge is 0.481 e. The molecule has 0 heterocycles. The van der Waals surface area contributed by atoms with Gasteiger partial charge >= 0.3 is 5.97 Å². The molecule has 0 amide bonds. The molecule has 2 nitrogen and oxygen atoms in total. The zero-order chi connectivity index (χ0) is 10.7. The summed E-state index contributed by atoms with van der Waals surface area (Å²) in [4.78, 5) is 10.6. The Balaban J connectivity index is 2.95. The Morgan fingerprint density at radius 2 is 2.21 bits per heavy atom. The average molecular weight is 257 g/mol. The quantitative estimate of drug-likeness (QED) is 0.901. The van der Waals surface area contributed by atoms with Gasteiger partial charge in [-0.25, -0.2) is 0 Å². The lowest BCUT2D eigenvalue weighted by molar-refractivity contribution is -0.137. The number of halogens is 1. The molecular weight excluding hydrogens is 244 g/mol. The first-order valence-electron chi connectivity index (χ1n) is 4.49. The maximum absolute atomic E-state index is 10.6. The molecule has 0 saturated heterocycles. The van der Waals surface area contributed by atoms with Crippen LogP contribution >= 0.6 is 15.9 Å². The summed E-state index contributed by atoms with van der Waals surface area (Å²) in [5.41, 5.74) is 2.23. The van der Waals surface area contributed by atoms with Gasteiger partial charge in [0.25, 0.3) is 0 Å². The summed E-state index contributed by atoms with van der Waals surface area (Å²) in [7, 11) is 0. The van der Waals surface area contributed by atoms with Gasteiger partial charge in [-0.15, -0.1) is 0 Å². The molecule has 1 unspecified atom stereocenters. The maximum atomic E-state index is 10.6. The monoisotopic (exact) mass is 256 g/mol. The van der Waals surface area contributed by atoms with Crippen molar-refractivity contribution >= 4 is 21.9 Å². The lowest BCUT2D eigenvalue weighted by Gasteiger charge is -2.13. The van der Waals surface area contributed by atoms with Crippen LogP contribution in [0.2, 0.25) is 0 Å². The molecule has 0 fully saturated rings. The first-order valence-corrected chi connectivity index (χ1v) is 5.28. The van der Waals surface area contributed by atoms with Crippen molar-refractivity contribution in [1.82, 2.24) is 0 Å². The van der Waals surface area contributed by atoms with Crippen LogP contribution in [0.25, 0.3) is 0 Å². The smallest absolute Gasteiger partial charge is 0.303 e. The van der Waals surface area contributed by atoms with Crippen molar-refractivity contribution in [3.63, 3.8) is 0 Å². The number of hydrogen-bond acceptors (Lipinski definition) is 1. The lowest BCUT2D eigenvalue weighted by Crippen LogP contribution is -2.04. The van der Waals surface area contributed by atoms with Crippen LogP contribution in [0, 0.1) is 6.92 Å². The Labute approximate surface area is 92.1 Å². The topological polar surface area (TPSA) is 37.3 Å². The fraction of sp³-hybridized carbons (Fsp3) is 0.364. The van der Waals surface area contributed by atoms with E-state index in [9.17, 15) is 4.79 Å². The maximum Gasteiger partial charge on any atom is 0.303 e. The van der Waals surface area contributed by atoms with E-state index in [-0.39, 0.29) is 12.3 Å².